The van der Waals surface area contributed by atoms with E-state index in [0.29, 0.717) is 12.1 Å². The van der Waals surface area contributed by atoms with Crippen LogP contribution in [0, 0.1) is 12.7 Å². The van der Waals surface area contributed by atoms with Gasteiger partial charge < -0.3 is 5.32 Å². The number of aryl methyl sites for hydroxylation is 1. The van der Waals surface area contributed by atoms with E-state index in [1.165, 1.54) is 12.1 Å². The van der Waals surface area contributed by atoms with Crippen molar-refractivity contribution in [2.45, 2.75) is 25.2 Å². The highest BCUT2D eigenvalue weighted by molar-refractivity contribution is 7.89. The average Bonchev–Trinajstić information content (AvgIpc) is 2.27. The van der Waals surface area contributed by atoms with Gasteiger partial charge in [0.15, 0.2) is 0 Å². The molecule has 4 nitrogen and oxygen atoms in total. The third-order valence-electron chi connectivity index (χ3n) is 2.35. The molecule has 0 bridgehead atoms. The molecule has 0 radical (unpaired) electrons. The second kappa shape index (κ2) is 8.47. The molecule has 0 aromatic heterocycles. The molecule has 0 unspecified atom stereocenters. The van der Waals surface area contributed by atoms with Gasteiger partial charge in [0, 0.05) is 13.1 Å². The van der Waals surface area contributed by atoms with Gasteiger partial charge in [-0.05, 0) is 43.7 Å². The summed E-state index contributed by atoms with van der Waals surface area (Å²) in [4.78, 5) is -0.0320. The lowest BCUT2D eigenvalue weighted by Gasteiger charge is -2.08. The van der Waals surface area contributed by atoms with E-state index in [9.17, 15) is 12.8 Å². The fourth-order valence-electron chi connectivity index (χ4n) is 1.52. The average molecular weight is 311 g/mol. The standard InChI is InChI=1S/C12H19FN2O2S.ClH/c1-3-4-14-5-6-15-18(16,17)12-8-10(2)7-11(13)9-12;/h7-9,14-15H,3-6H2,1-2H3;1H. The number of hydrogen-bond acceptors (Lipinski definition) is 3. The molecule has 0 atom stereocenters. The van der Waals surface area contributed by atoms with Crippen molar-refractivity contribution in [1.29, 1.82) is 0 Å². The van der Waals surface area contributed by atoms with E-state index >= 15 is 0 Å². The predicted molar refractivity (Wildman–Crippen MR) is 76.7 cm³/mol. The van der Waals surface area contributed by atoms with Gasteiger partial charge in [0.25, 0.3) is 0 Å². The molecule has 0 saturated carbocycles. The number of nitrogens with one attached hydrogen (secondary N) is 2. The van der Waals surface area contributed by atoms with E-state index in [0.717, 1.165) is 19.0 Å². The summed E-state index contributed by atoms with van der Waals surface area (Å²) in [7, 11) is -3.62. The second-order valence-electron chi connectivity index (χ2n) is 4.11. The zero-order valence-electron chi connectivity index (χ0n) is 11.1. The van der Waals surface area contributed by atoms with Crippen LogP contribution in [0.2, 0.25) is 0 Å². The summed E-state index contributed by atoms with van der Waals surface area (Å²) in [5, 5.41) is 3.08. The third-order valence-corrected chi connectivity index (χ3v) is 3.79. The van der Waals surface area contributed by atoms with Crippen LogP contribution in [0.25, 0.3) is 0 Å². The number of halogens is 2. The van der Waals surface area contributed by atoms with Crippen molar-refractivity contribution in [3.63, 3.8) is 0 Å². The van der Waals surface area contributed by atoms with Crippen molar-refractivity contribution in [2.24, 2.45) is 0 Å². The van der Waals surface area contributed by atoms with Crippen LogP contribution in [0.15, 0.2) is 23.1 Å². The maximum absolute atomic E-state index is 13.1. The van der Waals surface area contributed by atoms with Crippen LogP contribution in [0.4, 0.5) is 4.39 Å². The summed E-state index contributed by atoms with van der Waals surface area (Å²) >= 11 is 0. The van der Waals surface area contributed by atoms with Crippen LogP contribution in [0.3, 0.4) is 0 Å². The maximum Gasteiger partial charge on any atom is 0.240 e. The Balaban J connectivity index is 0.00000324. The molecule has 0 amide bonds. The molecule has 0 saturated heterocycles. The predicted octanol–water partition coefficient (Wildman–Crippen LogP) is 1.83. The van der Waals surface area contributed by atoms with Crippen LogP contribution >= 0.6 is 12.4 Å². The summed E-state index contributed by atoms with van der Waals surface area (Å²) in [5.41, 5.74) is 0.583. The Morgan fingerprint density at radius 3 is 2.42 bits per heavy atom. The van der Waals surface area contributed by atoms with E-state index in [1.807, 2.05) is 6.92 Å². The van der Waals surface area contributed by atoms with Crippen LogP contribution in [0.5, 0.6) is 0 Å². The first-order chi connectivity index (χ1) is 8.45. The smallest absolute Gasteiger partial charge is 0.240 e. The first kappa shape index (κ1) is 18.3. The van der Waals surface area contributed by atoms with Gasteiger partial charge in [-0.1, -0.05) is 6.92 Å². The first-order valence-corrected chi connectivity index (χ1v) is 7.41. The Morgan fingerprint density at radius 2 is 1.84 bits per heavy atom. The molecule has 0 fully saturated rings. The molecule has 0 spiro atoms. The van der Waals surface area contributed by atoms with Crippen LogP contribution in [-0.2, 0) is 10.0 Å². The van der Waals surface area contributed by atoms with Crippen molar-refractivity contribution >= 4 is 22.4 Å². The van der Waals surface area contributed by atoms with Crippen molar-refractivity contribution in [3.8, 4) is 0 Å². The van der Waals surface area contributed by atoms with Crippen LogP contribution < -0.4 is 10.0 Å². The van der Waals surface area contributed by atoms with E-state index in [1.54, 1.807) is 6.92 Å². The lowest BCUT2D eigenvalue weighted by molar-refractivity contribution is 0.572. The van der Waals surface area contributed by atoms with Gasteiger partial charge in [-0.2, -0.15) is 0 Å². The zero-order chi connectivity index (χ0) is 13.6. The van der Waals surface area contributed by atoms with Crippen molar-refractivity contribution in [1.82, 2.24) is 10.0 Å². The molecule has 19 heavy (non-hydrogen) atoms. The summed E-state index contributed by atoms with van der Waals surface area (Å²) in [6.07, 6.45) is 0.996. The molecule has 1 rings (SSSR count). The SMILES string of the molecule is CCCNCCNS(=O)(=O)c1cc(C)cc(F)c1.Cl. The molecule has 7 heteroatoms. The minimum absolute atomic E-state index is 0. The molecular formula is C12H20ClFN2O2S. The molecular weight excluding hydrogens is 291 g/mol. The van der Waals surface area contributed by atoms with Crippen molar-refractivity contribution in [2.75, 3.05) is 19.6 Å². The molecule has 0 aliphatic heterocycles. The van der Waals surface area contributed by atoms with Gasteiger partial charge >= 0.3 is 0 Å². The first-order valence-electron chi connectivity index (χ1n) is 5.93. The highest BCUT2D eigenvalue weighted by Gasteiger charge is 2.14. The number of hydrogen-bond donors (Lipinski definition) is 2. The molecule has 0 heterocycles. The summed E-state index contributed by atoms with van der Waals surface area (Å²) in [5.74, 6) is -0.542. The Morgan fingerprint density at radius 1 is 1.16 bits per heavy atom. The molecule has 110 valence electrons. The Hall–Kier alpha value is -0.690. The Bertz CT molecular complexity index is 474. The van der Waals surface area contributed by atoms with Crippen molar-refractivity contribution in [3.05, 3.63) is 29.6 Å². The van der Waals surface area contributed by atoms with Crippen LogP contribution in [-0.4, -0.2) is 28.1 Å². The second-order valence-corrected chi connectivity index (χ2v) is 5.88. The van der Waals surface area contributed by atoms with Gasteiger partial charge in [-0.25, -0.2) is 17.5 Å². The molecule has 2 N–H and O–H groups in total. The van der Waals surface area contributed by atoms with Gasteiger partial charge in [0.05, 0.1) is 4.90 Å². The van der Waals surface area contributed by atoms with Crippen molar-refractivity contribution < 1.29 is 12.8 Å². The van der Waals surface area contributed by atoms with E-state index in [-0.39, 0.29) is 23.8 Å². The van der Waals surface area contributed by atoms with Gasteiger partial charge in [0.1, 0.15) is 5.82 Å². The number of rotatable bonds is 7. The summed E-state index contributed by atoms with van der Waals surface area (Å²) < 4.78 is 39.3. The van der Waals surface area contributed by atoms with Crippen LogP contribution in [0.1, 0.15) is 18.9 Å². The quantitative estimate of drug-likeness (QED) is 0.756. The van der Waals surface area contributed by atoms with Gasteiger partial charge in [0.2, 0.25) is 10.0 Å². The number of sulfonamides is 1. The van der Waals surface area contributed by atoms with E-state index in [2.05, 4.69) is 10.0 Å². The Kier molecular flexibility index (Phi) is 8.17. The lowest BCUT2D eigenvalue weighted by atomic mass is 10.2. The lowest BCUT2D eigenvalue weighted by Crippen LogP contribution is -2.32. The summed E-state index contributed by atoms with van der Waals surface area (Å²) in [6, 6.07) is 3.77. The fraction of sp³-hybridized carbons (Fsp3) is 0.500. The highest BCUT2D eigenvalue weighted by atomic mass is 35.5. The maximum atomic E-state index is 13.1. The third kappa shape index (κ3) is 6.33. The Labute approximate surface area is 120 Å². The van der Waals surface area contributed by atoms with E-state index < -0.39 is 15.8 Å². The fourth-order valence-corrected chi connectivity index (χ4v) is 2.66. The zero-order valence-corrected chi connectivity index (χ0v) is 12.7. The van der Waals surface area contributed by atoms with Gasteiger partial charge in [-0.3, -0.25) is 0 Å². The highest BCUT2D eigenvalue weighted by Crippen LogP contribution is 2.13. The monoisotopic (exact) mass is 310 g/mol. The molecule has 1 aromatic rings. The molecule has 1 aromatic carbocycles. The summed E-state index contributed by atoms with van der Waals surface area (Å²) in [6.45, 7) is 5.39. The topological polar surface area (TPSA) is 58.2 Å². The number of benzene rings is 1. The van der Waals surface area contributed by atoms with Gasteiger partial charge in [-0.15, -0.1) is 12.4 Å². The largest absolute Gasteiger partial charge is 0.315 e. The van der Waals surface area contributed by atoms with E-state index in [4.69, 9.17) is 0 Å². The normalized spacial score (nSPS) is 11.1. The molecule has 0 aliphatic carbocycles. The minimum atomic E-state index is -3.62. The minimum Gasteiger partial charge on any atom is -0.315 e. The molecule has 0 aliphatic rings.